The molecule has 3 nitrogen and oxygen atoms in total. The Kier molecular flexibility index (Phi) is 5.19. The molecule has 1 aliphatic heterocycles. The largest absolute Gasteiger partial charge is 0.324 e. The van der Waals surface area contributed by atoms with E-state index in [1.807, 2.05) is 12.3 Å². The van der Waals surface area contributed by atoms with Crippen molar-refractivity contribution < 1.29 is 0 Å². The molecule has 4 heteroatoms. The van der Waals surface area contributed by atoms with Crippen molar-refractivity contribution in [3.63, 3.8) is 0 Å². The molecule has 0 spiro atoms. The lowest BCUT2D eigenvalue weighted by Gasteiger charge is -2.32. The second-order valence-electron chi connectivity index (χ2n) is 4.45. The van der Waals surface area contributed by atoms with Crippen LogP contribution in [0.2, 0.25) is 0 Å². The first-order chi connectivity index (χ1) is 7.27. The SMILES string of the molecule is CN1CCC(C(N)c2cccnc2)CC1.Cl. The first-order valence-corrected chi connectivity index (χ1v) is 5.61. The summed E-state index contributed by atoms with van der Waals surface area (Å²) in [5.74, 6) is 0.616. The molecule has 0 amide bonds. The van der Waals surface area contributed by atoms with Gasteiger partial charge in [-0.05, 0) is 50.5 Å². The van der Waals surface area contributed by atoms with Crippen molar-refractivity contribution in [1.82, 2.24) is 9.88 Å². The average Bonchev–Trinajstić information content (AvgIpc) is 2.30. The summed E-state index contributed by atoms with van der Waals surface area (Å²) >= 11 is 0. The van der Waals surface area contributed by atoms with Crippen LogP contribution < -0.4 is 5.73 Å². The van der Waals surface area contributed by atoms with Gasteiger partial charge in [-0.25, -0.2) is 0 Å². The van der Waals surface area contributed by atoms with E-state index in [4.69, 9.17) is 5.73 Å². The zero-order valence-corrected chi connectivity index (χ0v) is 10.5. The van der Waals surface area contributed by atoms with Gasteiger partial charge in [0.05, 0.1) is 0 Å². The summed E-state index contributed by atoms with van der Waals surface area (Å²) in [6.07, 6.45) is 6.09. The molecule has 0 radical (unpaired) electrons. The fourth-order valence-corrected chi connectivity index (χ4v) is 2.23. The normalized spacial score (nSPS) is 20.1. The van der Waals surface area contributed by atoms with Gasteiger partial charge in [0.1, 0.15) is 0 Å². The van der Waals surface area contributed by atoms with E-state index in [2.05, 4.69) is 23.0 Å². The number of halogens is 1. The number of hydrogen-bond acceptors (Lipinski definition) is 3. The lowest BCUT2D eigenvalue weighted by Crippen LogP contribution is -2.35. The number of rotatable bonds is 2. The van der Waals surface area contributed by atoms with Crippen molar-refractivity contribution in [2.24, 2.45) is 11.7 Å². The van der Waals surface area contributed by atoms with Crippen molar-refractivity contribution >= 4 is 12.4 Å². The minimum atomic E-state index is 0. The fraction of sp³-hybridized carbons (Fsp3) is 0.583. The van der Waals surface area contributed by atoms with Gasteiger partial charge in [-0.3, -0.25) is 4.98 Å². The maximum Gasteiger partial charge on any atom is 0.0339 e. The Morgan fingerprint density at radius 3 is 2.69 bits per heavy atom. The predicted molar refractivity (Wildman–Crippen MR) is 68.6 cm³/mol. The minimum Gasteiger partial charge on any atom is -0.324 e. The zero-order chi connectivity index (χ0) is 10.7. The number of pyridine rings is 1. The van der Waals surface area contributed by atoms with E-state index in [0.29, 0.717) is 5.92 Å². The van der Waals surface area contributed by atoms with E-state index in [1.54, 1.807) is 6.20 Å². The van der Waals surface area contributed by atoms with Gasteiger partial charge < -0.3 is 10.6 Å². The second kappa shape index (κ2) is 6.18. The lowest BCUT2D eigenvalue weighted by molar-refractivity contribution is 0.199. The Hall–Kier alpha value is -0.640. The van der Waals surface area contributed by atoms with Gasteiger partial charge in [-0.15, -0.1) is 12.4 Å². The first-order valence-electron chi connectivity index (χ1n) is 5.61. The molecule has 0 aromatic carbocycles. The lowest BCUT2D eigenvalue weighted by atomic mass is 9.87. The highest BCUT2D eigenvalue weighted by Crippen LogP contribution is 2.27. The molecule has 1 aromatic rings. The smallest absolute Gasteiger partial charge is 0.0339 e. The molecule has 0 bridgehead atoms. The minimum absolute atomic E-state index is 0. The maximum absolute atomic E-state index is 6.26. The molecular formula is C12H20ClN3. The molecule has 0 aliphatic carbocycles. The maximum atomic E-state index is 6.26. The number of piperidine rings is 1. The third kappa shape index (κ3) is 3.17. The van der Waals surface area contributed by atoms with Gasteiger partial charge in [0, 0.05) is 18.4 Å². The number of nitrogens with zero attached hydrogens (tertiary/aromatic N) is 2. The van der Waals surface area contributed by atoms with Crippen LogP contribution in [0.25, 0.3) is 0 Å². The summed E-state index contributed by atoms with van der Waals surface area (Å²) in [6, 6.07) is 4.20. The van der Waals surface area contributed by atoms with Crippen LogP contribution in [0.15, 0.2) is 24.5 Å². The third-order valence-corrected chi connectivity index (χ3v) is 3.34. The standard InChI is InChI=1S/C12H19N3.ClH/c1-15-7-4-10(5-8-15)12(13)11-3-2-6-14-9-11;/h2-3,6,9-10,12H,4-5,7-8,13H2,1H3;1H. The van der Waals surface area contributed by atoms with E-state index in [0.717, 1.165) is 0 Å². The highest BCUT2D eigenvalue weighted by molar-refractivity contribution is 5.85. The number of aromatic nitrogens is 1. The van der Waals surface area contributed by atoms with Crippen LogP contribution in [0.1, 0.15) is 24.4 Å². The van der Waals surface area contributed by atoms with Crippen LogP contribution in [0.3, 0.4) is 0 Å². The van der Waals surface area contributed by atoms with Crippen LogP contribution in [-0.4, -0.2) is 30.0 Å². The molecule has 1 atom stereocenters. The summed E-state index contributed by atoms with van der Waals surface area (Å²) in [4.78, 5) is 6.49. The van der Waals surface area contributed by atoms with Gasteiger partial charge in [0.25, 0.3) is 0 Å². The monoisotopic (exact) mass is 241 g/mol. The quantitative estimate of drug-likeness (QED) is 0.859. The van der Waals surface area contributed by atoms with Crippen molar-refractivity contribution in [3.8, 4) is 0 Å². The Morgan fingerprint density at radius 2 is 2.12 bits per heavy atom. The third-order valence-electron chi connectivity index (χ3n) is 3.34. The molecule has 1 saturated heterocycles. The van der Waals surface area contributed by atoms with E-state index < -0.39 is 0 Å². The van der Waals surface area contributed by atoms with Crippen LogP contribution in [0.4, 0.5) is 0 Å². The molecule has 0 saturated carbocycles. The zero-order valence-electron chi connectivity index (χ0n) is 9.67. The van der Waals surface area contributed by atoms with Crippen LogP contribution in [0.5, 0.6) is 0 Å². The highest BCUT2D eigenvalue weighted by atomic mass is 35.5. The molecule has 2 heterocycles. The first kappa shape index (κ1) is 13.4. The Balaban J connectivity index is 0.00000128. The molecule has 16 heavy (non-hydrogen) atoms. The molecule has 1 fully saturated rings. The van der Waals surface area contributed by atoms with Gasteiger partial charge in [0.2, 0.25) is 0 Å². The highest BCUT2D eigenvalue weighted by Gasteiger charge is 2.23. The van der Waals surface area contributed by atoms with Gasteiger partial charge in [-0.2, -0.15) is 0 Å². The molecule has 2 N–H and O–H groups in total. The summed E-state index contributed by atoms with van der Waals surface area (Å²) in [7, 11) is 2.17. The van der Waals surface area contributed by atoms with Gasteiger partial charge in [-0.1, -0.05) is 6.07 Å². The summed E-state index contributed by atoms with van der Waals surface area (Å²) in [5.41, 5.74) is 7.43. The van der Waals surface area contributed by atoms with Crippen molar-refractivity contribution in [1.29, 1.82) is 0 Å². The number of likely N-dealkylation sites (tertiary alicyclic amines) is 1. The molecular weight excluding hydrogens is 222 g/mol. The fourth-order valence-electron chi connectivity index (χ4n) is 2.23. The van der Waals surface area contributed by atoms with Crippen LogP contribution in [-0.2, 0) is 0 Å². The Labute approximate surface area is 103 Å². The summed E-state index contributed by atoms with van der Waals surface area (Å²) in [5, 5.41) is 0. The van der Waals surface area contributed by atoms with Crippen molar-refractivity contribution in [3.05, 3.63) is 30.1 Å². The summed E-state index contributed by atoms with van der Waals surface area (Å²) < 4.78 is 0. The molecule has 1 unspecified atom stereocenters. The van der Waals surface area contributed by atoms with E-state index in [9.17, 15) is 0 Å². The molecule has 1 aromatic heterocycles. The van der Waals surface area contributed by atoms with Crippen LogP contribution in [0, 0.1) is 5.92 Å². The van der Waals surface area contributed by atoms with E-state index >= 15 is 0 Å². The second-order valence-corrected chi connectivity index (χ2v) is 4.45. The van der Waals surface area contributed by atoms with E-state index in [1.165, 1.54) is 31.5 Å². The van der Waals surface area contributed by atoms with Gasteiger partial charge in [0.15, 0.2) is 0 Å². The van der Waals surface area contributed by atoms with Crippen LogP contribution >= 0.6 is 12.4 Å². The topological polar surface area (TPSA) is 42.1 Å². The van der Waals surface area contributed by atoms with Crippen molar-refractivity contribution in [2.45, 2.75) is 18.9 Å². The molecule has 1 aliphatic rings. The molecule has 2 rings (SSSR count). The molecule has 90 valence electrons. The van der Waals surface area contributed by atoms with E-state index in [-0.39, 0.29) is 18.4 Å². The number of nitrogens with two attached hydrogens (primary N) is 1. The predicted octanol–water partition coefficient (Wildman–Crippen LogP) is 1.84. The van der Waals surface area contributed by atoms with Gasteiger partial charge >= 0.3 is 0 Å². The van der Waals surface area contributed by atoms with Crippen molar-refractivity contribution in [2.75, 3.05) is 20.1 Å². The Bertz CT molecular complexity index is 296. The number of hydrogen-bond donors (Lipinski definition) is 1. The Morgan fingerprint density at radius 1 is 1.44 bits per heavy atom. The summed E-state index contributed by atoms with van der Waals surface area (Å²) in [6.45, 7) is 2.33. The average molecular weight is 242 g/mol.